The highest BCUT2D eigenvalue weighted by molar-refractivity contribution is 6.46. The predicted molar refractivity (Wildman–Crippen MR) is 138 cm³/mol. The number of hydrogen-bond acceptors (Lipinski definition) is 5. The third-order valence-corrected chi connectivity index (χ3v) is 6.09. The van der Waals surface area contributed by atoms with E-state index in [1.165, 1.54) is 12.0 Å². The monoisotopic (exact) mass is 464 g/mol. The highest BCUT2D eigenvalue weighted by atomic mass is 16.5. The van der Waals surface area contributed by atoms with Crippen molar-refractivity contribution in [1.82, 2.24) is 0 Å². The summed E-state index contributed by atoms with van der Waals surface area (Å²) in [6.45, 7) is 1.90. The third kappa shape index (κ3) is 3.89. The number of methoxy groups -OCH3 is 2. The number of benzene rings is 4. The lowest BCUT2D eigenvalue weighted by atomic mass is 10.0. The predicted octanol–water partition coefficient (Wildman–Crippen LogP) is 5.56. The maximum absolute atomic E-state index is 13.8. The largest absolute Gasteiger partial charge is 0.497 e. The van der Waals surface area contributed by atoms with E-state index in [2.05, 4.69) is 5.32 Å². The van der Waals surface area contributed by atoms with Gasteiger partial charge in [0.15, 0.2) is 0 Å². The van der Waals surface area contributed by atoms with E-state index < -0.39 is 11.8 Å². The Morgan fingerprint density at radius 2 is 1.51 bits per heavy atom. The average molecular weight is 465 g/mol. The second-order valence-corrected chi connectivity index (χ2v) is 8.25. The first-order chi connectivity index (χ1) is 17.0. The molecule has 174 valence electrons. The van der Waals surface area contributed by atoms with Gasteiger partial charge in [-0.25, -0.2) is 4.90 Å². The van der Waals surface area contributed by atoms with Crippen molar-refractivity contribution in [2.24, 2.45) is 0 Å². The van der Waals surface area contributed by atoms with Crippen molar-refractivity contribution in [3.8, 4) is 11.5 Å². The minimum atomic E-state index is -0.447. The number of hydrogen-bond donors (Lipinski definition) is 1. The molecule has 6 heteroatoms. The molecule has 0 saturated heterocycles. The van der Waals surface area contributed by atoms with Gasteiger partial charge in [0.2, 0.25) is 0 Å². The van der Waals surface area contributed by atoms with Crippen LogP contribution < -0.4 is 19.7 Å². The Balaban J connectivity index is 1.67. The molecule has 6 nitrogen and oxygen atoms in total. The second-order valence-electron chi connectivity index (χ2n) is 8.25. The zero-order valence-electron chi connectivity index (χ0n) is 19.7. The molecule has 0 aliphatic carbocycles. The Bertz CT molecular complexity index is 1480. The lowest BCUT2D eigenvalue weighted by Gasteiger charge is -2.19. The highest BCUT2D eigenvalue weighted by Crippen LogP contribution is 2.39. The van der Waals surface area contributed by atoms with Gasteiger partial charge in [-0.3, -0.25) is 9.59 Å². The lowest BCUT2D eigenvalue weighted by molar-refractivity contribution is -0.120. The molecule has 1 N–H and O–H groups in total. The summed E-state index contributed by atoms with van der Waals surface area (Å²) in [7, 11) is 3.10. The molecular formula is C29H24N2O4. The van der Waals surface area contributed by atoms with Gasteiger partial charge in [-0.1, -0.05) is 54.6 Å². The van der Waals surface area contributed by atoms with Gasteiger partial charge in [-0.2, -0.15) is 0 Å². The Morgan fingerprint density at radius 1 is 0.771 bits per heavy atom. The van der Waals surface area contributed by atoms with Gasteiger partial charge in [0.05, 0.1) is 25.5 Å². The number of nitrogens with zero attached hydrogens (tertiary/aromatic N) is 1. The summed E-state index contributed by atoms with van der Waals surface area (Å²) in [4.78, 5) is 28.9. The number of nitrogens with one attached hydrogen (secondary N) is 1. The van der Waals surface area contributed by atoms with Crippen molar-refractivity contribution >= 4 is 39.5 Å². The Hall–Kier alpha value is -4.58. The van der Waals surface area contributed by atoms with Crippen LogP contribution in [0.25, 0.3) is 16.3 Å². The smallest absolute Gasteiger partial charge is 0.282 e. The van der Waals surface area contributed by atoms with Crippen molar-refractivity contribution in [1.29, 1.82) is 0 Å². The molecule has 1 aliphatic heterocycles. The van der Waals surface area contributed by atoms with Gasteiger partial charge >= 0.3 is 0 Å². The van der Waals surface area contributed by atoms with Crippen molar-refractivity contribution in [2.75, 3.05) is 24.4 Å². The van der Waals surface area contributed by atoms with E-state index in [-0.39, 0.29) is 11.3 Å². The van der Waals surface area contributed by atoms with Crippen LogP contribution in [0.2, 0.25) is 0 Å². The summed E-state index contributed by atoms with van der Waals surface area (Å²) in [5.74, 6) is 0.231. The van der Waals surface area contributed by atoms with Crippen LogP contribution in [-0.4, -0.2) is 26.0 Å². The molecule has 1 aliphatic rings. The molecule has 2 amide bonds. The molecule has 0 saturated carbocycles. The fraction of sp³-hybridized carbons (Fsp3) is 0.103. The molecule has 0 fully saturated rings. The van der Waals surface area contributed by atoms with Crippen LogP contribution in [-0.2, 0) is 9.59 Å². The highest BCUT2D eigenvalue weighted by Gasteiger charge is 2.41. The summed E-state index contributed by atoms with van der Waals surface area (Å²) in [6.07, 6.45) is 0. The van der Waals surface area contributed by atoms with Crippen LogP contribution in [0.5, 0.6) is 11.5 Å². The Labute approximate surface area is 203 Å². The number of imide groups is 1. The van der Waals surface area contributed by atoms with Crippen molar-refractivity contribution in [2.45, 2.75) is 6.92 Å². The van der Waals surface area contributed by atoms with Crippen LogP contribution >= 0.6 is 0 Å². The van der Waals surface area contributed by atoms with Gasteiger partial charge in [-0.15, -0.1) is 0 Å². The molecule has 4 aromatic rings. The molecule has 1 heterocycles. The molecular weight excluding hydrogens is 440 g/mol. The lowest BCUT2D eigenvalue weighted by Crippen LogP contribution is -2.32. The molecule has 5 rings (SSSR count). The van der Waals surface area contributed by atoms with Crippen molar-refractivity contribution < 1.29 is 19.1 Å². The number of amides is 2. The van der Waals surface area contributed by atoms with Crippen LogP contribution in [0, 0.1) is 6.92 Å². The fourth-order valence-electron chi connectivity index (χ4n) is 4.33. The maximum Gasteiger partial charge on any atom is 0.282 e. The molecule has 4 aromatic carbocycles. The summed E-state index contributed by atoms with van der Waals surface area (Å²) in [5, 5.41) is 5.26. The zero-order valence-corrected chi connectivity index (χ0v) is 19.7. The number of carbonyl (C=O) groups excluding carboxylic acids is 2. The van der Waals surface area contributed by atoms with E-state index in [9.17, 15) is 9.59 Å². The Kier molecular flexibility index (Phi) is 5.71. The minimum absolute atomic E-state index is 0.208. The van der Waals surface area contributed by atoms with Crippen molar-refractivity contribution in [3.05, 3.63) is 102 Å². The van der Waals surface area contributed by atoms with E-state index in [0.29, 0.717) is 22.7 Å². The van der Waals surface area contributed by atoms with Gasteiger partial charge in [0, 0.05) is 11.1 Å². The molecule has 35 heavy (non-hydrogen) atoms. The summed E-state index contributed by atoms with van der Waals surface area (Å²) in [5.41, 5.74) is 3.16. The summed E-state index contributed by atoms with van der Waals surface area (Å²) >= 11 is 0. The molecule has 0 bridgehead atoms. The molecule has 0 radical (unpaired) electrons. The number of rotatable bonds is 6. The summed E-state index contributed by atoms with van der Waals surface area (Å²) < 4.78 is 10.8. The van der Waals surface area contributed by atoms with Crippen LogP contribution in [0.15, 0.2) is 90.6 Å². The standard InChI is InChI=1S/C29H24N2O4/c1-18-11-16-25(35-3)24(17-18)31-28(32)26(20-12-14-21(34-2)15-13-20)27(29(31)33)30-23-10-6-8-19-7-4-5-9-22(19)23/h4-17,30H,1-3H3. The number of carbonyl (C=O) groups is 2. The van der Waals surface area contributed by atoms with Crippen LogP contribution in [0.4, 0.5) is 11.4 Å². The number of anilines is 2. The number of ether oxygens (including phenoxy) is 2. The van der Waals surface area contributed by atoms with Gasteiger partial charge in [0.1, 0.15) is 17.2 Å². The minimum Gasteiger partial charge on any atom is -0.497 e. The normalized spacial score (nSPS) is 13.5. The van der Waals surface area contributed by atoms with Crippen molar-refractivity contribution in [3.63, 3.8) is 0 Å². The quantitative estimate of drug-likeness (QED) is 0.378. The van der Waals surface area contributed by atoms with Gasteiger partial charge < -0.3 is 14.8 Å². The SMILES string of the molecule is COc1ccc(C2=C(Nc3cccc4ccccc34)C(=O)N(c3cc(C)ccc3OC)C2=O)cc1. The second kappa shape index (κ2) is 8.99. The first-order valence-electron chi connectivity index (χ1n) is 11.2. The van der Waals surface area contributed by atoms with E-state index in [0.717, 1.165) is 22.0 Å². The number of fused-ring (bicyclic) bond motifs is 1. The first kappa shape index (κ1) is 22.2. The van der Waals surface area contributed by atoms with Crippen LogP contribution in [0.1, 0.15) is 11.1 Å². The fourth-order valence-corrected chi connectivity index (χ4v) is 4.33. The first-order valence-corrected chi connectivity index (χ1v) is 11.2. The van der Waals surface area contributed by atoms with Gasteiger partial charge in [0.25, 0.3) is 11.8 Å². The van der Waals surface area contributed by atoms with Crippen LogP contribution in [0.3, 0.4) is 0 Å². The number of aryl methyl sites for hydroxylation is 1. The molecule has 0 unspecified atom stereocenters. The maximum atomic E-state index is 13.8. The van der Waals surface area contributed by atoms with E-state index in [1.807, 2.05) is 55.5 Å². The zero-order chi connectivity index (χ0) is 24.5. The van der Waals surface area contributed by atoms with E-state index >= 15 is 0 Å². The van der Waals surface area contributed by atoms with Gasteiger partial charge in [-0.05, 0) is 53.8 Å². The van der Waals surface area contributed by atoms with E-state index in [4.69, 9.17) is 9.47 Å². The van der Waals surface area contributed by atoms with E-state index in [1.54, 1.807) is 43.5 Å². The topological polar surface area (TPSA) is 67.9 Å². The molecule has 0 spiro atoms. The third-order valence-electron chi connectivity index (χ3n) is 6.09. The Morgan fingerprint density at radius 3 is 2.26 bits per heavy atom. The summed E-state index contributed by atoms with van der Waals surface area (Å²) in [6, 6.07) is 26.2. The average Bonchev–Trinajstić information content (AvgIpc) is 3.13. The molecule has 0 atom stereocenters. The molecule has 0 aromatic heterocycles.